The van der Waals surface area contributed by atoms with Gasteiger partial charge in [0.25, 0.3) is 0 Å². The average Bonchev–Trinajstić information content (AvgIpc) is 2.95. The molecule has 0 saturated carbocycles. The second-order valence-corrected chi connectivity index (χ2v) is 4.92. The summed E-state index contributed by atoms with van der Waals surface area (Å²) in [5, 5.41) is 0. The lowest BCUT2D eigenvalue weighted by Gasteiger charge is -1.98. The van der Waals surface area contributed by atoms with E-state index in [1.54, 1.807) is 11.3 Å². The third-order valence-electron chi connectivity index (χ3n) is 2.82. The first-order chi connectivity index (χ1) is 9.43. The molecule has 0 aliphatic rings. The van der Waals surface area contributed by atoms with Crippen molar-refractivity contribution in [1.29, 1.82) is 0 Å². The number of aromatic nitrogens is 1. The third kappa shape index (κ3) is 2.80. The Morgan fingerprint density at radius 2 is 1.53 bits per heavy atom. The van der Waals surface area contributed by atoms with Crippen LogP contribution in [0.2, 0.25) is 0 Å². The quantitative estimate of drug-likeness (QED) is 0.662. The van der Waals surface area contributed by atoms with Gasteiger partial charge < -0.3 is 0 Å². The Bertz CT molecular complexity index is 669. The van der Waals surface area contributed by atoms with Gasteiger partial charge in [-0.2, -0.15) is 0 Å². The summed E-state index contributed by atoms with van der Waals surface area (Å²) < 4.78 is 0. The van der Waals surface area contributed by atoms with Crippen LogP contribution in [0.5, 0.6) is 0 Å². The normalized spacial score (nSPS) is 10.9. The van der Waals surface area contributed by atoms with Crippen molar-refractivity contribution in [3.63, 3.8) is 0 Å². The molecule has 0 unspecified atom stereocenters. The highest BCUT2D eigenvalue weighted by Gasteiger charge is 2.05. The molecule has 3 aromatic rings. The second-order valence-electron chi connectivity index (χ2n) is 4.13. The number of thiazole rings is 1. The van der Waals surface area contributed by atoms with Crippen molar-refractivity contribution in [3.8, 4) is 10.4 Å². The van der Waals surface area contributed by atoms with Crippen LogP contribution in [0.3, 0.4) is 0 Å². The highest BCUT2D eigenvalue weighted by molar-refractivity contribution is 7.13. The number of rotatable bonds is 3. The smallest absolute Gasteiger partial charge is 0.153 e. The zero-order valence-corrected chi connectivity index (χ0v) is 11.1. The van der Waals surface area contributed by atoms with E-state index < -0.39 is 0 Å². The number of nitrogens with zero attached hydrogens (tertiary/aromatic N) is 1. The number of hydrogen-bond donors (Lipinski definition) is 0. The lowest BCUT2D eigenvalue weighted by atomic mass is 10.1. The minimum Gasteiger partial charge on any atom is -0.233 e. The molecule has 19 heavy (non-hydrogen) atoms. The van der Waals surface area contributed by atoms with Crippen molar-refractivity contribution >= 4 is 23.5 Å². The Morgan fingerprint density at radius 3 is 2.26 bits per heavy atom. The largest absolute Gasteiger partial charge is 0.233 e. The molecule has 0 saturated heterocycles. The Hall–Kier alpha value is -2.19. The van der Waals surface area contributed by atoms with Crippen molar-refractivity contribution < 1.29 is 0 Å². The van der Waals surface area contributed by atoms with Crippen LogP contribution in [-0.2, 0) is 0 Å². The van der Waals surface area contributed by atoms with Gasteiger partial charge in [-0.05, 0) is 17.2 Å². The molecule has 0 amide bonds. The van der Waals surface area contributed by atoms with Crippen molar-refractivity contribution in [2.45, 2.75) is 0 Å². The first kappa shape index (κ1) is 11.9. The van der Waals surface area contributed by atoms with Crippen LogP contribution < -0.4 is 0 Å². The van der Waals surface area contributed by atoms with Crippen LogP contribution in [0.1, 0.15) is 11.3 Å². The summed E-state index contributed by atoms with van der Waals surface area (Å²) in [6.07, 6.45) is 4.12. The van der Waals surface area contributed by atoms with Gasteiger partial charge in [0.2, 0.25) is 0 Å². The fourth-order valence-corrected chi connectivity index (χ4v) is 2.58. The van der Waals surface area contributed by atoms with Gasteiger partial charge in [0.1, 0.15) is 0 Å². The monoisotopic (exact) mass is 262 g/mol. The van der Waals surface area contributed by atoms with Gasteiger partial charge in [-0.3, -0.25) is 0 Å². The van der Waals surface area contributed by atoms with Gasteiger partial charge in [-0.15, -0.1) is 11.3 Å². The molecule has 0 fully saturated rings. The first-order valence-corrected chi connectivity index (χ1v) is 6.90. The van der Waals surface area contributed by atoms with Gasteiger partial charge in [0, 0.05) is 0 Å². The zero-order chi connectivity index (χ0) is 12.9. The number of benzene rings is 2. The molecule has 0 aliphatic heterocycles. The predicted octanol–water partition coefficient (Wildman–Crippen LogP) is 4.78. The maximum absolute atomic E-state index is 4.31. The van der Waals surface area contributed by atoms with Crippen LogP contribution in [-0.4, -0.2) is 4.98 Å². The Labute approximate surface area is 116 Å². The van der Waals surface area contributed by atoms with Crippen molar-refractivity contribution in [3.05, 3.63) is 77.4 Å². The van der Waals surface area contributed by atoms with Crippen LogP contribution in [0.15, 0.2) is 60.7 Å². The maximum atomic E-state index is 4.31. The molecular formula is C17H12NS. The molecule has 2 aromatic carbocycles. The van der Waals surface area contributed by atoms with Crippen LogP contribution in [0.25, 0.3) is 22.6 Å². The van der Waals surface area contributed by atoms with E-state index in [-0.39, 0.29) is 0 Å². The van der Waals surface area contributed by atoms with E-state index in [0.29, 0.717) is 0 Å². The highest BCUT2D eigenvalue weighted by atomic mass is 32.1. The molecule has 0 bridgehead atoms. The van der Waals surface area contributed by atoms with Gasteiger partial charge in [-0.1, -0.05) is 66.7 Å². The average molecular weight is 262 g/mol. The van der Waals surface area contributed by atoms with E-state index in [2.05, 4.69) is 40.8 Å². The summed E-state index contributed by atoms with van der Waals surface area (Å²) in [6, 6.07) is 20.5. The summed E-state index contributed by atoms with van der Waals surface area (Å²) in [5.41, 5.74) is 6.31. The fourth-order valence-electron chi connectivity index (χ4n) is 1.87. The summed E-state index contributed by atoms with van der Waals surface area (Å²) >= 11 is 1.55. The minimum absolute atomic E-state index is 0.972. The molecule has 1 radical (unpaired) electrons. The van der Waals surface area contributed by atoms with Crippen molar-refractivity contribution in [2.24, 2.45) is 0 Å². The molecule has 0 spiro atoms. The Balaban J connectivity index is 1.91. The van der Waals surface area contributed by atoms with Crippen molar-refractivity contribution in [1.82, 2.24) is 4.98 Å². The van der Waals surface area contributed by atoms with E-state index in [1.807, 2.05) is 42.5 Å². The molecule has 1 nitrogen and oxygen atoms in total. The maximum Gasteiger partial charge on any atom is 0.153 e. The number of hydrogen-bond acceptors (Lipinski definition) is 2. The van der Waals surface area contributed by atoms with E-state index in [0.717, 1.165) is 10.6 Å². The molecule has 0 aliphatic carbocycles. The SMILES string of the molecule is [c]1nc(/C=C/c2ccccc2)c(-c2ccccc2)s1. The van der Waals surface area contributed by atoms with E-state index in [4.69, 9.17) is 0 Å². The van der Waals surface area contributed by atoms with E-state index in [9.17, 15) is 0 Å². The van der Waals surface area contributed by atoms with E-state index >= 15 is 0 Å². The molecule has 0 atom stereocenters. The lowest BCUT2D eigenvalue weighted by Crippen LogP contribution is -1.78. The Morgan fingerprint density at radius 1 is 0.842 bits per heavy atom. The van der Waals surface area contributed by atoms with Gasteiger partial charge in [-0.25, -0.2) is 4.98 Å². The lowest BCUT2D eigenvalue weighted by molar-refractivity contribution is 1.37. The zero-order valence-electron chi connectivity index (χ0n) is 10.3. The topological polar surface area (TPSA) is 12.9 Å². The van der Waals surface area contributed by atoms with Crippen LogP contribution >= 0.6 is 11.3 Å². The minimum atomic E-state index is 0.972. The molecular weight excluding hydrogens is 250 g/mol. The molecule has 2 heteroatoms. The standard InChI is InChI=1S/C17H12NS/c1-3-7-14(8-4-1)11-12-16-17(19-13-18-16)15-9-5-2-6-10-15/h1-12H/b12-11+. The Kier molecular flexibility index (Phi) is 3.52. The second kappa shape index (κ2) is 5.63. The molecule has 0 N–H and O–H groups in total. The molecule has 1 heterocycles. The van der Waals surface area contributed by atoms with Gasteiger partial charge in [0.05, 0.1) is 10.6 Å². The highest BCUT2D eigenvalue weighted by Crippen LogP contribution is 2.28. The molecule has 3 rings (SSSR count). The summed E-state index contributed by atoms with van der Waals surface area (Å²) in [7, 11) is 0. The molecule has 1 aromatic heterocycles. The third-order valence-corrected chi connectivity index (χ3v) is 3.65. The van der Waals surface area contributed by atoms with Gasteiger partial charge in [0.15, 0.2) is 5.51 Å². The fraction of sp³-hybridized carbons (Fsp3) is 0. The van der Waals surface area contributed by atoms with Crippen molar-refractivity contribution in [2.75, 3.05) is 0 Å². The summed E-state index contributed by atoms with van der Waals surface area (Å²) in [5.74, 6) is 0. The summed E-state index contributed by atoms with van der Waals surface area (Å²) in [6.45, 7) is 0. The molecule has 91 valence electrons. The summed E-state index contributed by atoms with van der Waals surface area (Å²) in [4.78, 5) is 5.47. The predicted molar refractivity (Wildman–Crippen MR) is 81.8 cm³/mol. The van der Waals surface area contributed by atoms with Gasteiger partial charge >= 0.3 is 0 Å². The van der Waals surface area contributed by atoms with Crippen LogP contribution in [0.4, 0.5) is 0 Å². The first-order valence-electron chi connectivity index (χ1n) is 6.09. The van der Waals surface area contributed by atoms with E-state index in [1.165, 1.54) is 11.1 Å². The van der Waals surface area contributed by atoms with Crippen LogP contribution in [0, 0.1) is 5.51 Å².